The summed E-state index contributed by atoms with van der Waals surface area (Å²) in [6, 6.07) is 0. The molecule has 0 aliphatic heterocycles. The van der Waals surface area contributed by atoms with Gasteiger partial charge < -0.3 is 0 Å². The van der Waals surface area contributed by atoms with Crippen LogP contribution in [0.3, 0.4) is 0 Å². The molecule has 0 rings (SSSR count). The first-order valence-electron chi connectivity index (χ1n) is 0. The van der Waals surface area contributed by atoms with Gasteiger partial charge in [-0.25, -0.2) is 0 Å². The van der Waals surface area contributed by atoms with Gasteiger partial charge >= 0.3 is 162 Å². The van der Waals surface area contributed by atoms with E-state index in [9.17, 15) is 0 Å². The molecule has 0 aromatic heterocycles. The molecule has 0 unspecified atom stereocenters. The Morgan fingerprint density at radius 1 is 0.333 bits per heavy atom. The fraction of sp³-hybridized carbons (Fsp3) is 0. The molecule has 0 bridgehead atoms. The monoisotopic (exact) mass is 308 g/mol. The van der Waals surface area contributed by atoms with Gasteiger partial charge in [0.25, 0.3) is 0 Å². The zero-order valence-corrected chi connectivity index (χ0v) is 6.12. The van der Waals surface area contributed by atoms with Crippen molar-refractivity contribution in [2.75, 3.05) is 0 Å². The van der Waals surface area contributed by atoms with E-state index in [4.69, 9.17) is 0 Å². The van der Waals surface area contributed by atoms with Gasteiger partial charge in [-0.3, -0.25) is 0 Å². The SMILES string of the molecule is Cl.Cl.Cl.Cl.Cl.[KH].[KH].[NaH].[NaH]. The molecule has 9 heteroatoms. The summed E-state index contributed by atoms with van der Waals surface area (Å²) in [5.41, 5.74) is 0. The molecule has 48 valence electrons. The first-order chi connectivity index (χ1) is 0. The Hall–Kier alpha value is 6.72. The van der Waals surface area contributed by atoms with E-state index < -0.39 is 0 Å². The van der Waals surface area contributed by atoms with Crippen LogP contribution in [0.25, 0.3) is 0 Å². The molecule has 0 heterocycles. The zero-order valence-electron chi connectivity index (χ0n) is 2.04. The molecule has 0 atom stereocenters. The number of rotatable bonds is 0. The number of halogens is 5. The van der Waals surface area contributed by atoms with Gasteiger partial charge in [-0.05, 0) is 0 Å². The van der Waals surface area contributed by atoms with Crippen LogP contribution in [0.2, 0.25) is 0 Å². The zero-order chi connectivity index (χ0) is 0. The van der Waals surface area contributed by atoms with Crippen LogP contribution in [-0.2, 0) is 0 Å². The second kappa shape index (κ2) is 61.3. The Kier molecular flexibility index (Phi) is 514. The maximum atomic E-state index is 0. The van der Waals surface area contributed by atoms with Gasteiger partial charge in [0.05, 0.1) is 0 Å². The van der Waals surface area contributed by atoms with E-state index in [2.05, 4.69) is 0 Å². The van der Waals surface area contributed by atoms with Gasteiger partial charge in [-0.15, -0.1) is 62.0 Å². The molecular formula is H9Cl5K2Na2. The van der Waals surface area contributed by atoms with Crippen molar-refractivity contribution >= 4 is 224 Å². The van der Waals surface area contributed by atoms with Crippen molar-refractivity contribution in [3.63, 3.8) is 0 Å². The Labute approximate surface area is 217 Å². The maximum absolute atomic E-state index is 0. The van der Waals surface area contributed by atoms with E-state index in [1.165, 1.54) is 0 Å². The Morgan fingerprint density at radius 3 is 0.333 bits per heavy atom. The summed E-state index contributed by atoms with van der Waals surface area (Å²) in [5, 5.41) is 0. The van der Waals surface area contributed by atoms with Crippen molar-refractivity contribution in [1.29, 1.82) is 0 Å². The Balaban J connectivity index is 0. The van der Waals surface area contributed by atoms with E-state index in [0.717, 1.165) is 0 Å². The van der Waals surface area contributed by atoms with E-state index in [-0.39, 0.29) is 224 Å². The first-order valence-corrected chi connectivity index (χ1v) is 0. The predicted molar refractivity (Wildman–Crippen MR) is 64.8 cm³/mol. The average Bonchev–Trinajstić information content (AvgIpc) is 0. The van der Waals surface area contributed by atoms with E-state index in [1.807, 2.05) is 0 Å². The molecule has 0 N–H and O–H groups in total. The van der Waals surface area contributed by atoms with Crippen LogP contribution in [0, 0.1) is 0 Å². The van der Waals surface area contributed by atoms with Crippen LogP contribution >= 0.6 is 62.0 Å². The summed E-state index contributed by atoms with van der Waals surface area (Å²) in [5.74, 6) is 0. The van der Waals surface area contributed by atoms with Crippen LogP contribution in [-0.4, -0.2) is 162 Å². The number of hydrogen-bond donors (Lipinski definition) is 0. The van der Waals surface area contributed by atoms with Crippen molar-refractivity contribution in [2.24, 2.45) is 0 Å². The summed E-state index contributed by atoms with van der Waals surface area (Å²) >= 11 is 0. The van der Waals surface area contributed by atoms with Gasteiger partial charge in [0.2, 0.25) is 0 Å². The normalized spacial score (nSPS) is 0. The Bertz CT molecular complexity index is 12.9. The molecule has 0 amide bonds. The molecular weight excluding hydrogens is 301 g/mol. The third-order valence-electron chi connectivity index (χ3n) is 0. The summed E-state index contributed by atoms with van der Waals surface area (Å²) in [6.07, 6.45) is 0. The third-order valence-corrected chi connectivity index (χ3v) is 0. The molecule has 0 saturated heterocycles. The van der Waals surface area contributed by atoms with Crippen molar-refractivity contribution in [3.8, 4) is 0 Å². The minimum atomic E-state index is 0. The summed E-state index contributed by atoms with van der Waals surface area (Å²) in [4.78, 5) is 0. The van der Waals surface area contributed by atoms with Crippen LogP contribution in [0.4, 0.5) is 0 Å². The Morgan fingerprint density at radius 2 is 0.333 bits per heavy atom. The summed E-state index contributed by atoms with van der Waals surface area (Å²) in [7, 11) is 0. The van der Waals surface area contributed by atoms with Crippen LogP contribution in [0.15, 0.2) is 0 Å². The molecule has 0 aromatic carbocycles. The van der Waals surface area contributed by atoms with Crippen molar-refractivity contribution < 1.29 is 0 Å². The van der Waals surface area contributed by atoms with Gasteiger partial charge in [0, 0.05) is 0 Å². The predicted octanol–water partition coefficient (Wildman–Crippen LogP) is -0.485. The fourth-order valence-electron chi connectivity index (χ4n) is 0. The molecule has 0 spiro atoms. The molecule has 0 saturated carbocycles. The van der Waals surface area contributed by atoms with Crippen molar-refractivity contribution in [3.05, 3.63) is 0 Å². The van der Waals surface area contributed by atoms with Gasteiger partial charge in [0.1, 0.15) is 0 Å². The van der Waals surface area contributed by atoms with Crippen molar-refractivity contribution in [1.82, 2.24) is 0 Å². The topological polar surface area (TPSA) is 0 Å². The second-order valence-electron chi connectivity index (χ2n) is 0. The van der Waals surface area contributed by atoms with Gasteiger partial charge in [-0.2, -0.15) is 0 Å². The molecule has 9 heavy (non-hydrogen) atoms. The quantitative estimate of drug-likeness (QED) is 0.530. The van der Waals surface area contributed by atoms with Gasteiger partial charge in [-0.1, -0.05) is 0 Å². The second-order valence-corrected chi connectivity index (χ2v) is 0. The standard InChI is InChI=1S/5ClH.2K.2Na.4H/h5*1H;;;;;;;;. The minimum absolute atomic E-state index is 0. The summed E-state index contributed by atoms with van der Waals surface area (Å²) in [6.45, 7) is 0. The van der Waals surface area contributed by atoms with Crippen LogP contribution in [0.5, 0.6) is 0 Å². The molecule has 0 radical (unpaired) electrons. The van der Waals surface area contributed by atoms with E-state index >= 15 is 0 Å². The van der Waals surface area contributed by atoms with Crippen molar-refractivity contribution in [2.45, 2.75) is 0 Å². The number of hydrogen-bond acceptors (Lipinski definition) is 0. The molecule has 0 nitrogen and oxygen atoms in total. The first kappa shape index (κ1) is 75.4. The van der Waals surface area contributed by atoms with Crippen LogP contribution in [0.1, 0.15) is 0 Å². The van der Waals surface area contributed by atoms with E-state index in [1.54, 1.807) is 0 Å². The average molecular weight is 311 g/mol. The van der Waals surface area contributed by atoms with Crippen LogP contribution < -0.4 is 0 Å². The molecule has 0 aromatic rings. The van der Waals surface area contributed by atoms with Gasteiger partial charge in [0.15, 0.2) is 0 Å². The summed E-state index contributed by atoms with van der Waals surface area (Å²) < 4.78 is 0. The van der Waals surface area contributed by atoms with E-state index in [0.29, 0.717) is 0 Å². The molecule has 0 aliphatic carbocycles. The fourth-order valence-corrected chi connectivity index (χ4v) is 0. The third kappa shape index (κ3) is 52.7. The molecule has 0 aliphatic rings. The molecule has 0 fully saturated rings.